The lowest BCUT2D eigenvalue weighted by molar-refractivity contribution is -0.123. The van der Waals surface area contributed by atoms with Crippen LogP contribution in [0.4, 0.5) is 0 Å². The van der Waals surface area contributed by atoms with E-state index in [2.05, 4.69) is 5.32 Å². The first-order chi connectivity index (χ1) is 6.61. The number of hydrogen-bond acceptors (Lipinski definition) is 3. The number of nitrogens with one attached hydrogen (secondary N) is 1. The minimum Gasteiger partial charge on any atom is -0.381 e. The van der Waals surface area contributed by atoms with Gasteiger partial charge in [0.25, 0.3) is 0 Å². The molecule has 0 heterocycles. The van der Waals surface area contributed by atoms with Crippen LogP contribution in [0.3, 0.4) is 0 Å². The summed E-state index contributed by atoms with van der Waals surface area (Å²) in [4.78, 5) is 11.3. The van der Waals surface area contributed by atoms with Gasteiger partial charge in [0.2, 0.25) is 5.91 Å². The third kappa shape index (κ3) is 5.94. The molecule has 0 aromatic heterocycles. The monoisotopic (exact) mass is 202 g/mol. The Morgan fingerprint density at radius 1 is 1.50 bits per heavy atom. The van der Waals surface area contributed by atoms with Crippen molar-refractivity contribution >= 4 is 5.91 Å². The number of carbonyl (C=O) groups excluding carboxylic acids is 1. The van der Waals surface area contributed by atoms with Gasteiger partial charge in [-0.05, 0) is 26.3 Å². The highest BCUT2D eigenvalue weighted by molar-refractivity contribution is 5.76. The Hall–Kier alpha value is -0.610. The molecule has 14 heavy (non-hydrogen) atoms. The predicted octanol–water partition coefficient (Wildman–Crippen LogP) is 0.513. The van der Waals surface area contributed by atoms with E-state index < -0.39 is 0 Å². The average Bonchev–Trinajstić information content (AvgIpc) is 2.16. The first-order valence-corrected chi connectivity index (χ1v) is 5.19. The molecule has 0 spiro atoms. The topological polar surface area (TPSA) is 64.3 Å². The van der Waals surface area contributed by atoms with Crippen LogP contribution in [0.25, 0.3) is 0 Å². The van der Waals surface area contributed by atoms with Gasteiger partial charge in [0.05, 0.1) is 6.61 Å². The highest BCUT2D eigenvalue weighted by Gasteiger charge is 2.12. The summed E-state index contributed by atoms with van der Waals surface area (Å²) in [7, 11) is 0. The van der Waals surface area contributed by atoms with E-state index in [0.717, 1.165) is 0 Å². The number of nitrogens with two attached hydrogens (primary N) is 1. The summed E-state index contributed by atoms with van der Waals surface area (Å²) in [6.45, 7) is 7.64. The fourth-order valence-electron chi connectivity index (χ4n) is 0.982. The highest BCUT2D eigenvalue weighted by atomic mass is 16.5. The molecule has 1 amide bonds. The fraction of sp³-hybridized carbons (Fsp3) is 0.900. The minimum atomic E-state index is 0.0336. The van der Waals surface area contributed by atoms with Gasteiger partial charge in [0, 0.05) is 19.1 Å². The number of amides is 1. The van der Waals surface area contributed by atoms with Crippen LogP contribution in [0.15, 0.2) is 0 Å². The van der Waals surface area contributed by atoms with E-state index in [-0.39, 0.29) is 11.9 Å². The molecule has 0 rings (SSSR count). The van der Waals surface area contributed by atoms with Crippen LogP contribution in [0, 0.1) is 5.92 Å². The molecule has 0 aliphatic heterocycles. The number of carbonyl (C=O) groups is 1. The van der Waals surface area contributed by atoms with E-state index in [1.54, 1.807) is 0 Å². The van der Waals surface area contributed by atoms with E-state index in [4.69, 9.17) is 10.5 Å². The summed E-state index contributed by atoms with van der Waals surface area (Å²) in [5.74, 6) is 0.345. The lowest BCUT2D eigenvalue weighted by atomic mass is 10.0. The summed E-state index contributed by atoms with van der Waals surface area (Å²) < 4.78 is 5.09. The van der Waals surface area contributed by atoms with Crippen molar-refractivity contribution in [2.45, 2.75) is 33.2 Å². The Kier molecular flexibility index (Phi) is 7.42. The second-order valence-corrected chi connectivity index (χ2v) is 3.52. The number of rotatable bonds is 7. The SMILES string of the molecule is CCOCCC(=O)NC(C)C(C)CN. The maximum absolute atomic E-state index is 11.3. The summed E-state index contributed by atoms with van der Waals surface area (Å²) in [6.07, 6.45) is 0.426. The van der Waals surface area contributed by atoms with Crippen LogP contribution in [0.5, 0.6) is 0 Å². The van der Waals surface area contributed by atoms with Crippen molar-refractivity contribution in [1.82, 2.24) is 5.32 Å². The van der Waals surface area contributed by atoms with Gasteiger partial charge in [-0.1, -0.05) is 6.92 Å². The molecule has 0 saturated carbocycles. The van der Waals surface area contributed by atoms with Crippen LogP contribution >= 0.6 is 0 Å². The average molecular weight is 202 g/mol. The van der Waals surface area contributed by atoms with Crippen LogP contribution in [0.2, 0.25) is 0 Å². The summed E-state index contributed by atoms with van der Waals surface area (Å²) in [5.41, 5.74) is 5.49. The van der Waals surface area contributed by atoms with Gasteiger partial charge in [-0.15, -0.1) is 0 Å². The van der Waals surface area contributed by atoms with Crippen molar-refractivity contribution in [3.8, 4) is 0 Å². The Bertz CT molecular complexity index is 162. The van der Waals surface area contributed by atoms with Crippen molar-refractivity contribution in [3.63, 3.8) is 0 Å². The normalized spacial score (nSPS) is 14.9. The van der Waals surface area contributed by atoms with Crippen LogP contribution in [-0.2, 0) is 9.53 Å². The quantitative estimate of drug-likeness (QED) is 0.591. The molecule has 0 aromatic carbocycles. The second kappa shape index (κ2) is 7.76. The van der Waals surface area contributed by atoms with Crippen molar-refractivity contribution in [2.24, 2.45) is 11.7 Å². The van der Waals surface area contributed by atoms with Gasteiger partial charge in [0.1, 0.15) is 0 Å². The van der Waals surface area contributed by atoms with Crippen molar-refractivity contribution in [1.29, 1.82) is 0 Å². The molecule has 0 aromatic rings. The minimum absolute atomic E-state index is 0.0336. The summed E-state index contributed by atoms with van der Waals surface area (Å²) >= 11 is 0. The lowest BCUT2D eigenvalue weighted by Gasteiger charge is -2.19. The predicted molar refractivity (Wildman–Crippen MR) is 56.9 cm³/mol. The van der Waals surface area contributed by atoms with E-state index in [9.17, 15) is 4.79 Å². The lowest BCUT2D eigenvalue weighted by Crippen LogP contribution is -2.40. The maximum Gasteiger partial charge on any atom is 0.222 e. The largest absolute Gasteiger partial charge is 0.381 e. The summed E-state index contributed by atoms with van der Waals surface area (Å²) in [6, 6.07) is 0.133. The molecule has 4 heteroatoms. The Morgan fingerprint density at radius 2 is 2.14 bits per heavy atom. The van der Waals surface area contributed by atoms with Gasteiger partial charge in [-0.3, -0.25) is 4.79 Å². The smallest absolute Gasteiger partial charge is 0.222 e. The van der Waals surface area contributed by atoms with Crippen molar-refractivity contribution in [3.05, 3.63) is 0 Å². The zero-order valence-electron chi connectivity index (χ0n) is 9.38. The van der Waals surface area contributed by atoms with Crippen molar-refractivity contribution in [2.75, 3.05) is 19.8 Å². The molecule has 0 aliphatic carbocycles. The number of hydrogen-bond donors (Lipinski definition) is 2. The third-order valence-electron chi connectivity index (χ3n) is 2.29. The zero-order chi connectivity index (χ0) is 11.0. The van der Waals surface area contributed by atoms with E-state index >= 15 is 0 Å². The molecule has 0 radical (unpaired) electrons. The molecule has 0 saturated heterocycles. The second-order valence-electron chi connectivity index (χ2n) is 3.52. The molecule has 0 aliphatic rings. The molecule has 2 unspecified atom stereocenters. The molecule has 0 fully saturated rings. The highest BCUT2D eigenvalue weighted by Crippen LogP contribution is 1.99. The molecular weight excluding hydrogens is 180 g/mol. The van der Waals surface area contributed by atoms with Crippen LogP contribution < -0.4 is 11.1 Å². The fourth-order valence-corrected chi connectivity index (χ4v) is 0.982. The number of ether oxygens (including phenoxy) is 1. The molecule has 3 N–H and O–H groups in total. The van der Waals surface area contributed by atoms with Gasteiger partial charge in [0.15, 0.2) is 0 Å². The van der Waals surface area contributed by atoms with E-state index in [1.165, 1.54) is 0 Å². The first-order valence-electron chi connectivity index (χ1n) is 5.19. The molecule has 4 nitrogen and oxygen atoms in total. The molecule has 84 valence electrons. The van der Waals surface area contributed by atoms with Gasteiger partial charge in [-0.2, -0.15) is 0 Å². The van der Waals surface area contributed by atoms with Gasteiger partial charge in [-0.25, -0.2) is 0 Å². The molecule has 2 atom stereocenters. The summed E-state index contributed by atoms with van der Waals surface area (Å²) in [5, 5.41) is 2.89. The Morgan fingerprint density at radius 3 is 2.64 bits per heavy atom. The third-order valence-corrected chi connectivity index (χ3v) is 2.29. The van der Waals surface area contributed by atoms with E-state index in [1.807, 2.05) is 20.8 Å². The van der Waals surface area contributed by atoms with Gasteiger partial charge >= 0.3 is 0 Å². The van der Waals surface area contributed by atoms with Crippen LogP contribution in [-0.4, -0.2) is 31.7 Å². The molecular formula is C10H22N2O2. The standard InChI is InChI=1S/C10H22N2O2/c1-4-14-6-5-10(13)12-9(3)8(2)7-11/h8-9H,4-7,11H2,1-3H3,(H,12,13). The first kappa shape index (κ1) is 13.4. The zero-order valence-corrected chi connectivity index (χ0v) is 9.38. The van der Waals surface area contributed by atoms with Gasteiger partial charge < -0.3 is 15.8 Å². The Balaban J connectivity index is 3.60. The van der Waals surface area contributed by atoms with E-state index in [0.29, 0.717) is 32.1 Å². The Labute approximate surface area is 86.2 Å². The maximum atomic E-state index is 11.3. The van der Waals surface area contributed by atoms with Crippen LogP contribution in [0.1, 0.15) is 27.2 Å². The molecule has 0 bridgehead atoms. The van der Waals surface area contributed by atoms with Crippen molar-refractivity contribution < 1.29 is 9.53 Å².